The Morgan fingerprint density at radius 1 is 1.20 bits per heavy atom. The third kappa shape index (κ3) is 2.89. The van der Waals surface area contributed by atoms with Crippen LogP contribution < -0.4 is 11.3 Å². The minimum atomic E-state index is 0.627. The monoisotopic (exact) mass is 206 g/mol. The first-order valence-electron chi connectivity index (χ1n) is 5.66. The fourth-order valence-corrected chi connectivity index (χ4v) is 2.22. The van der Waals surface area contributed by atoms with Crippen LogP contribution in [0.1, 0.15) is 37.8 Å². The highest BCUT2D eigenvalue weighted by Crippen LogP contribution is 2.26. The van der Waals surface area contributed by atoms with Crippen molar-refractivity contribution in [2.45, 2.75) is 38.5 Å². The van der Waals surface area contributed by atoms with Crippen LogP contribution in [0.25, 0.3) is 0 Å². The van der Waals surface area contributed by atoms with E-state index in [1.165, 1.54) is 32.1 Å². The zero-order valence-electron chi connectivity index (χ0n) is 8.95. The second-order valence-corrected chi connectivity index (χ2v) is 4.25. The molecule has 1 heterocycles. The molecule has 15 heavy (non-hydrogen) atoms. The lowest BCUT2D eigenvalue weighted by Crippen LogP contribution is -2.12. The normalized spacial score (nSPS) is 17.7. The van der Waals surface area contributed by atoms with E-state index in [2.05, 4.69) is 15.4 Å². The fraction of sp³-hybridized carbons (Fsp3) is 0.636. The lowest BCUT2D eigenvalue weighted by molar-refractivity contribution is 0.354. The van der Waals surface area contributed by atoms with E-state index in [1.54, 1.807) is 6.20 Å². The molecule has 0 unspecified atom stereocenters. The molecule has 3 N–H and O–H groups in total. The van der Waals surface area contributed by atoms with Crippen LogP contribution in [0.4, 0.5) is 5.82 Å². The molecule has 0 atom stereocenters. The second kappa shape index (κ2) is 5.07. The summed E-state index contributed by atoms with van der Waals surface area (Å²) in [5.41, 5.74) is 3.57. The summed E-state index contributed by atoms with van der Waals surface area (Å²) in [7, 11) is 0. The highest BCUT2D eigenvalue weighted by atomic mass is 15.3. The third-order valence-corrected chi connectivity index (χ3v) is 3.08. The molecule has 0 bridgehead atoms. The number of nitrogen functional groups attached to an aromatic ring is 1. The van der Waals surface area contributed by atoms with E-state index < -0.39 is 0 Å². The number of nitrogens with two attached hydrogens (primary N) is 1. The molecule has 1 aliphatic rings. The van der Waals surface area contributed by atoms with Crippen molar-refractivity contribution < 1.29 is 0 Å². The third-order valence-electron chi connectivity index (χ3n) is 3.08. The van der Waals surface area contributed by atoms with Crippen molar-refractivity contribution >= 4 is 5.82 Å². The predicted molar refractivity (Wildman–Crippen MR) is 60.1 cm³/mol. The van der Waals surface area contributed by atoms with Crippen LogP contribution in [-0.4, -0.2) is 9.97 Å². The molecule has 1 aromatic heterocycles. The van der Waals surface area contributed by atoms with Crippen LogP contribution in [0.5, 0.6) is 0 Å². The van der Waals surface area contributed by atoms with E-state index in [1.807, 2.05) is 6.20 Å². The molecule has 1 aliphatic carbocycles. The molecular weight excluding hydrogens is 188 g/mol. The maximum Gasteiger partial charge on any atom is 0.158 e. The number of hydrogen-bond donors (Lipinski definition) is 2. The zero-order valence-corrected chi connectivity index (χ0v) is 8.95. The van der Waals surface area contributed by atoms with Crippen molar-refractivity contribution in [3.8, 4) is 0 Å². The smallest absolute Gasteiger partial charge is 0.158 e. The molecule has 82 valence electrons. The maximum atomic E-state index is 5.23. The summed E-state index contributed by atoms with van der Waals surface area (Å²) < 4.78 is 0. The number of anilines is 1. The van der Waals surface area contributed by atoms with Crippen LogP contribution in [0.3, 0.4) is 0 Å². The topological polar surface area (TPSA) is 63.8 Å². The van der Waals surface area contributed by atoms with E-state index in [0.717, 1.165) is 18.0 Å². The van der Waals surface area contributed by atoms with Gasteiger partial charge in [-0.3, -0.25) is 4.98 Å². The summed E-state index contributed by atoms with van der Waals surface area (Å²) in [6.45, 7) is 0. The highest BCUT2D eigenvalue weighted by Gasteiger charge is 2.14. The molecule has 0 amide bonds. The van der Waals surface area contributed by atoms with Gasteiger partial charge in [0.05, 0.1) is 18.1 Å². The maximum absolute atomic E-state index is 5.23. The number of hydrazine groups is 1. The summed E-state index contributed by atoms with van der Waals surface area (Å²) in [5, 5.41) is 0. The number of hydrogen-bond acceptors (Lipinski definition) is 4. The number of nitrogens with one attached hydrogen (secondary N) is 1. The first kappa shape index (κ1) is 10.4. The number of rotatable bonds is 3. The summed E-state index contributed by atoms with van der Waals surface area (Å²) in [5.74, 6) is 6.67. The quantitative estimate of drug-likeness (QED) is 0.585. The molecule has 0 saturated heterocycles. The van der Waals surface area contributed by atoms with Crippen molar-refractivity contribution in [1.82, 2.24) is 9.97 Å². The summed E-state index contributed by atoms with van der Waals surface area (Å²) >= 11 is 0. The standard InChI is InChI=1S/C11H18N4/c12-15-11-8-13-10(7-14-11)6-9-4-2-1-3-5-9/h7-9H,1-6,12H2,(H,14,15). The summed E-state index contributed by atoms with van der Waals surface area (Å²) in [6.07, 6.45) is 11.4. The van der Waals surface area contributed by atoms with Gasteiger partial charge in [-0.15, -0.1) is 0 Å². The van der Waals surface area contributed by atoms with E-state index in [0.29, 0.717) is 5.82 Å². The molecular formula is C11H18N4. The minimum absolute atomic E-state index is 0.627. The Morgan fingerprint density at radius 2 is 2.00 bits per heavy atom. The molecule has 4 nitrogen and oxygen atoms in total. The van der Waals surface area contributed by atoms with Gasteiger partial charge in [-0.05, 0) is 12.3 Å². The van der Waals surface area contributed by atoms with Gasteiger partial charge in [0.1, 0.15) is 0 Å². The van der Waals surface area contributed by atoms with Gasteiger partial charge in [0.15, 0.2) is 5.82 Å². The molecule has 0 radical (unpaired) electrons. The number of aromatic nitrogens is 2. The Kier molecular flexibility index (Phi) is 3.50. The van der Waals surface area contributed by atoms with E-state index in [-0.39, 0.29) is 0 Å². The van der Waals surface area contributed by atoms with Crippen LogP contribution in [0.15, 0.2) is 12.4 Å². The van der Waals surface area contributed by atoms with Gasteiger partial charge >= 0.3 is 0 Å². The Labute approximate surface area is 90.3 Å². The second-order valence-electron chi connectivity index (χ2n) is 4.25. The Balaban J connectivity index is 1.91. The molecule has 0 aromatic carbocycles. The van der Waals surface area contributed by atoms with Crippen molar-refractivity contribution in [2.75, 3.05) is 5.43 Å². The van der Waals surface area contributed by atoms with Gasteiger partial charge in [0.2, 0.25) is 0 Å². The Morgan fingerprint density at radius 3 is 2.60 bits per heavy atom. The first-order chi connectivity index (χ1) is 7.38. The Bertz CT molecular complexity index is 290. The molecule has 1 aromatic rings. The van der Waals surface area contributed by atoms with E-state index in [4.69, 9.17) is 5.84 Å². The fourth-order valence-electron chi connectivity index (χ4n) is 2.22. The van der Waals surface area contributed by atoms with Gasteiger partial charge in [-0.1, -0.05) is 32.1 Å². The van der Waals surface area contributed by atoms with Crippen molar-refractivity contribution in [2.24, 2.45) is 11.8 Å². The molecule has 0 spiro atoms. The SMILES string of the molecule is NNc1cnc(CC2CCCCC2)cn1. The van der Waals surface area contributed by atoms with Crippen LogP contribution in [0.2, 0.25) is 0 Å². The van der Waals surface area contributed by atoms with E-state index in [9.17, 15) is 0 Å². The van der Waals surface area contributed by atoms with Gasteiger partial charge in [0.25, 0.3) is 0 Å². The molecule has 1 saturated carbocycles. The van der Waals surface area contributed by atoms with E-state index >= 15 is 0 Å². The van der Waals surface area contributed by atoms with Crippen LogP contribution in [-0.2, 0) is 6.42 Å². The molecule has 0 aliphatic heterocycles. The lowest BCUT2D eigenvalue weighted by Gasteiger charge is -2.20. The first-order valence-corrected chi connectivity index (χ1v) is 5.66. The zero-order chi connectivity index (χ0) is 10.5. The average molecular weight is 206 g/mol. The molecule has 2 rings (SSSR count). The average Bonchev–Trinajstić information content (AvgIpc) is 2.31. The van der Waals surface area contributed by atoms with Gasteiger partial charge < -0.3 is 5.43 Å². The largest absolute Gasteiger partial charge is 0.307 e. The molecule has 4 heteroatoms. The van der Waals surface area contributed by atoms with Crippen molar-refractivity contribution in [3.05, 3.63) is 18.1 Å². The summed E-state index contributed by atoms with van der Waals surface area (Å²) in [4.78, 5) is 8.50. The lowest BCUT2D eigenvalue weighted by atomic mass is 9.86. The predicted octanol–water partition coefficient (Wildman–Crippen LogP) is 1.89. The van der Waals surface area contributed by atoms with Crippen molar-refractivity contribution in [1.29, 1.82) is 0 Å². The molecule has 1 fully saturated rings. The summed E-state index contributed by atoms with van der Waals surface area (Å²) in [6, 6.07) is 0. The van der Waals surface area contributed by atoms with Gasteiger partial charge in [0, 0.05) is 0 Å². The van der Waals surface area contributed by atoms with Crippen LogP contribution >= 0.6 is 0 Å². The van der Waals surface area contributed by atoms with Gasteiger partial charge in [-0.2, -0.15) is 0 Å². The van der Waals surface area contributed by atoms with Crippen LogP contribution in [0, 0.1) is 5.92 Å². The Hall–Kier alpha value is -1.16. The van der Waals surface area contributed by atoms with Gasteiger partial charge in [-0.25, -0.2) is 10.8 Å². The van der Waals surface area contributed by atoms with Crippen molar-refractivity contribution in [3.63, 3.8) is 0 Å². The minimum Gasteiger partial charge on any atom is -0.307 e. The number of nitrogens with zero attached hydrogens (tertiary/aromatic N) is 2. The highest BCUT2D eigenvalue weighted by molar-refractivity contribution is 5.28.